The van der Waals surface area contributed by atoms with Crippen molar-refractivity contribution < 1.29 is 64.6 Å². The number of nitrogens with one attached hydrogen (secondary N) is 1. The van der Waals surface area contributed by atoms with Gasteiger partial charge in [-0.25, -0.2) is 0 Å². The normalized spacial score (nSPS) is 23.7. The fourth-order valence-corrected chi connectivity index (χ4v) is 11.1. The second kappa shape index (κ2) is 58.5. The fourth-order valence-electron chi connectivity index (χ4n) is 11.1. The maximum absolute atomic E-state index is 13.3. The standard InChI is InChI=1S/C75H129NO13/c1-3-5-7-9-11-13-15-17-19-21-23-25-27-29-30-31-32-33-34-35-37-39-41-43-45-47-49-51-53-55-57-59-67(80)76-63(62-86-74-72(85)70(83)73(66(61-78)88-74)89-75-71(84)69(82)68(81)65(60-77)87-75)64(79)58-56-54-52-50-48-46-44-42-40-38-36-28-26-24-22-20-18-16-14-12-10-8-6-4-2/h5,7,11,13,17,19,23,25,29-30,32-33,35,37,41,43,56,58,63-66,68-75,77-79,81-85H,3-4,6,8-10,12,14-16,18,20-22,24,26-28,31,34,36,38-40,42,44-55,57,59-62H2,1-2H3,(H,76,80)/b7-5-,13-11-,19-17-,25-23-,30-29-,33-32-,37-35-,43-41-,58-56+. The summed E-state index contributed by atoms with van der Waals surface area (Å²) in [6.07, 6.45) is 67.0. The van der Waals surface area contributed by atoms with E-state index in [0.717, 1.165) is 109 Å². The Hall–Kier alpha value is -3.35. The van der Waals surface area contributed by atoms with Crippen LogP contribution in [-0.2, 0) is 23.7 Å². The fraction of sp³-hybridized carbons (Fsp3) is 0.747. The van der Waals surface area contributed by atoms with Crippen LogP contribution >= 0.6 is 0 Å². The number of carbonyl (C=O) groups is 1. The van der Waals surface area contributed by atoms with Crippen molar-refractivity contribution in [2.75, 3.05) is 19.8 Å². The van der Waals surface area contributed by atoms with Crippen molar-refractivity contribution in [1.82, 2.24) is 5.32 Å². The molecule has 0 aromatic carbocycles. The van der Waals surface area contributed by atoms with Crippen molar-refractivity contribution >= 4 is 5.91 Å². The molecule has 2 aliphatic rings. The van der Waals surface area contributed by atoms with Gasteiger partial charge < -0.3 is 65.1 Å². The number of carbonyl (C=O) groups excluding carboxylic acids is 1. The molecule has 12 atom stereocenters. The molecule has 9 N–H and O–H groups in total. The first-order chi connectivity index (χ1) is 43.6. The predicted molar refractivity (Wildman–Crippen MR) is 364 cm³/mol. The van der Waals surface area contributed by atoms with Gasteiger partial charge in [0.05, 0.1) is 32.0 Å². The van der Waals surface area contributed by atoms with E-state index in [4.69, 9.17) is 18.9 Å². The quantitative estimate of drug-likeness (QED) is 0.0204. The molecule has 12 unspecified atom stereocenters. The Bertz CT molecular complexity index is 1910. The minimum Gasteiger partial charge on any atom is -0.394 e. The number of ether oxygens (including phenoxy) is 4. The molecule has 2 fully saturated rings. The lowest BCUT2D eigenvalue weighted by Gasteiger charge is -2.46. The minimum absolute atomic E-state index is 0.256. The lowest BCUT2D eigenvalue weighted by Crippen LogP contribution is -2.65. The first-order valence-corrected chi connectivity index (χ1v) is 35.6. The number of amides is 1. The summed E-state index contributed by atoms with van der Waals surface area (Å²) >= 11 is 0. The molecule has 14 heteroatoms. The molecule has 0 bridgehead atoms. The molecule has 0 aliphatic carbocycles. The van der Waals surface area contributed by atoms with E-state index in [-0.39, 0.29) is 18.9 Å². The van der Waals surface area contributed by atoms with Crippen molar-refractivity contribution in [2.45, 2.75) is 338 Å². The molecule has 2 saturated heterocycles. The molecule has 89 heavy (non-hydrogen) atoms. The summed E-state index contributed by atoms with van der Waals surface area (Å²) in [6.45, 7) is 2.69. The summed E-state index contributed by atoms with van der Waals surface area (Å²) in [7, 11) is 0. The number of rotatable bonds is 57. The van der Waals surface area contributed by atoms with E-state index in [1.54, 1.807) is 6.08 Å². The van der Waals surface area contributed by atoms with Crippen molar-refractivity contribution in [2.24, 2.45) is 0 Å². The predicted octanol–water partition coefficient (Wildman–Crippen LogP) is 14.7. The number of allylic oxidation sites excluding steroid dienone is 17. The Labute approximate surface area is 540 Å². The van der Waals surface area contributed by atoms with E-state index < -0.39 is 86.8 Å². The van der Waals surface area contributed by atoms with Crippen LogP contribution in [0.1, 0.15) is 264 Å². The maximum Gasteiger partial charge on any atom is 0.220 e. The third-order valence-electron chi connectivity index (χ3n) is 16.7. The van der Waals surface area contributed by atoms with Gasteiger partial charge in [-0.05, 0) is 83.5 Å². The number of aliphatic hydroxyl groups excluding tert-OH is 8. The minimum atomic E-state index is -1.80. The van der Waals surface area contributed by atoms with Crippen LogP contribution in [0.25, 0.3) is 0 Å². The van der Waals surface area contributed by atoms with Crippen molar-refractivity contribution in [3.8, 4) is 0 Å². The molecule has 0 radical (unpaired) electrons. The smallest absolute Gasteiger partial charge is 0.220 e. The molecule has 0 saturated carbocycles. The number of hydrogen-bond donors (Lipinski definition) is 9. The third kappa shape index (κ3) is 42.5. The van der Waals surface area contributed by atoms with Crippen molar-refractivity contribution in [3.63, 3.8) is 0 Å². The van der Waals surface area contributed by atoms with E-state index >= 15 is 0 Å². The van der Waals surface area contributed by atoms with Crippen molar-refractivity contribution in [1.29, 1.82) is 0 Å². The van der Waals surface area contributed by atoms with Gasteiger partial charge in [0.2, 0.25) is 5.91 Å². The van der Waals surface area contributed by atoms with Crippen LogP contribution in [0, 0.1) is 0 Å². The highest BCUT2D eigenvalue weighted by Gasteiger charge is 2.51. The first-order valence-electron chi connectivity index (χ1n) is 35.6. The number of hydrogen-bond acceptors (Lipinski definition) is 13. The van der Waals surface area contributed by atoms with Crippen LogP contribution < -0.4 is 5.32 Å². The van der Waals surface area contributed by atoms with Crippen LogP contribution in [0.2, 0.25) is 0 Å². The van der Waals surface area contributed by atoms with E-state index in [2.05, 4.69) is 116 Å². The highest BCUT2D eigenvalue weighted by Crippen LogP contribution is 2.30. The molecule has 1 amide bonds. The SMILES string of the molecule is CC/C=C\C/C=C\C/C=C\C/C=C\C/C=C\C/C=C\C/C=C\C/C=C\CCCCCCCCC(=O)NC(COC1OC(CO)C(OC2OC(CO)C(O)C(O)C2O)C(O)C1O)C(O)/C=C/CCCCCCCCCCCCCCCCCCCCCCCC. The lowest BCUT2D eigenvalue weighted by atomic mass is 9.97. The highest BCUT2D eigenvalue weighted by atomic mass is 16.7. The second-order valence-corrected chi connectivity index (χ2v) is 24.6. The summed E-state index contributed by atoms with van der Waals surface area (Å²) in [5.41, 5.74) is 0. The van der Waals surface area contributed by atoms with Crippen LogP contribution in [0.15, 0.2) is 109 Å². The molecule has 0 aromatic rings. The molecule has 0 aromatic heterocycles. The summed E-state index contributed by atoms with van der Waals surface area (Å²) < 4.78 is 22.9. The Morgan fingerprint density at radius 1 is 0.416 bits per heavy atom. The average Bonchev–Trinajstić information content (AvgIpc) is 2.53. The molecule has 2 heterocycles. The van der Waals surface area contributed by atoms with E-state index in [1.807, 2.05) is 6.08 Å². The molecule has 2 aliphatic heterocycles. The topological polar surface area (TPSA) is 228 Å². The number of aliphatic hydroxyl groups is 8. The Kier molecular flexibility index (Phi) is 53.7. The molecular formula is C75H129NO13. The molecule has 14 nitrogen and oxygen atoms in total. The molecule has 2 rings (SSSR count). The number of unbranched alkanes of at least 4 members (excludes halogenated alkanes) is 28. The Morgan fingerprint density at radius 3 is 1.19 bits per heavy atom. The molecule has 0 spiro atoms. The lowest BCUT2D eigenvalue weighted by molar-refractivity contribution is -0.359. The van der Waals surface area contributed by atoms with Gasteiger partial charge in [0.15, 0.2) is 12.6 Å². The van der Waals surface area contributed by atoms with Crippen LogP contribution in [0.5, 0.6) is 0 Å². The average molecular weight is 1250 g/mol. The van der Waals surface area contributed by atoms with Gasteiger partial charge in [-0.1, -0.05) is 284 Å². The molecule has 512 valence electrons. The van der Waals surface area contributed by atoms with E-state index in [9.17, 15) is 45.6 Å². The molecular weight excluding hydrogens is 1120 g/mol. The second-order valence-electron chi connectivity index (χ2n) is 24.6. The first kappa shape index (κ1) is 81.7. The van der Waals surface area contributed by atoms with Gasteiger partial charge in [-0.15, -0.1) is 0 Å². The van der Waals surface area contributed by atoms with E-state index in [1.165, 1.54) is 128 Å². The van der Waals surface area contributed by atoms with Crippen molar-refractivity contribution in [3.05, 3.63) is 109 Å². The van der Waals surface area contributed by atoms with Crippen LogP contribution in [0.4, 0.5) is 0 Å². The Morgan fingerprint density at radius 2 is 0.775 bits per heavy atom. The van der Waals surface area contributed by atoms with Crippen LogP contribution in [-0.4, -0.2) is 140 Å². The third-order valence-corrected chi connectivity index (χ3v) is 16.7. The van der Waals surface area contributed by atoms with Gasteiger partial charge in [0.25, 0.3) is 0 Å². The van der Waals surface area contributed by atoms with Gasteiger partial charge >= 0.3 is 0 Å². The highest BCUT2D eigenvalue weighted by molar-refractivity contribution is 5.76. The van der Waals surface area contributed by atoms with Gasteiger partial charge in [-0.3, -0.25) is 4.79 Å². The van der Waals surface area contributed by atoms with Gasteiger partial charge in [0.1, 0.15) is 48.8 Å². The summed E-state index contributed by atoms with van der Waals surface area (Å²) in [4.78, 5) is 13.3. The summed E-state index contributed by atoms with van der Waals surface area (Å²) in [5, 5.41) is 87.5. The largest absolute Gasteiger partial charge is 0.394 e. The maximum atomic E-state index is 13.3. The van der Waals surface area contributed by atoms with Crippen LogP contribution in [0.3, 0.4) is 0 Å². The summed E-state index contributed by atoms with van der Waals surface area (Å²) in [6, 6.07) is -0.932. The van der Waals surface area contributed by atoms with Gasteiger partial charge in [0, 0.05) is 6.42 Å². The zero-order valence-corrected chi connectivity index (χ0v) is 55.6. The van der Waals surface area contributed by atoms with E-state index in [0.29, 0.717) is 6.42 Å². The van der Waals surface area contributed by atoms with Gasteiger partial charge in [-0.2, -0.15) is 0 Å². The monoisotopic (exact) mass is 1250 g/mol. The zero-order valence-electron chi connectivity index (χ0n) is 55.6. The Balaban J connectivity index is 1.70. The summed E-state index contributed by atoms with van der Waals surface area (Å²) in [5.74, 6) is -0.256. The zero-order chi connectivity index (χ0) is 64.5.